The second-order valence-electron chi connectivity index (χ2n) is 2.49. The first kappa shape index (κ1) is 15.5. The Kier molecular flexibility index (Phi) is 10.3. The van der Waals surface area contributed by atoms with Crippen molar-refractivity contribution in [2.45, 2.75) is 14.1 Å². The molecule has 1 atom stereocenters. The number of hydrogen-bond donors (Lipinski definition) is 1. The zero-order chi connectivity index (χ0) is 10.3. The van der Waals surface area contributed by atoms with Crippen LogP contribution in [0.4, 0.5) is 0 Å². The van der Waals surface area contributed by atoms with Crippen molar-refractivity contribution in [2.24, 2.45) is 0 Å². The van der Waals surface area contributed by atoms with E-state index < -0.39 is 56.2 Å². The molecule has 0 aromatic rings. The summed E-state index contributed by atoms with van der Waals surface area (Å²) in [4.78, 5) is 0. The van der Waals surface area contributed by atoms with E-state index in [1.165, 1.54) is 0 Å². The summed E-state index contributed by atoms with van der Waals surface area (Å²) in [5.74, 6) is 0.905. The fraction of sp³-hybridized carbons (Fsp3) is 1.00. The van der Waals surface area contributed by atoms with E-state index in [2.05, 4.69) is 8.86 Å². The van der Waals surface area contributed by atoms with E-state index in [-0.39, 0.29) is 11.0 Å². The van der Waals surface area contributed by atoms with Crippen molar-refractivity contribution < 1.29 is 59.1 Å². The van der Waals surface area contributed by atoms with Crippen LogP contribution in [0.25, 0.3) is 0 Å². The molecular weight excluding hydrogens is 605 g/mol. The molecule has 0 aliphatic heterocycles. The van der Waals surface area contributed by atoms with E-state index in [4.69, 9.17) is 4.55 Å². The Morgan fingerprint density at radius 2 is 2.00 bits per heavy atom. The van der Waals surface area contributed by atoms with Crippen LogP contribution < -0.4 is 0 Å². The van der Waals surface area contributed by atoms with E-state index >= 15 is 0 Å². The van der Waals surface area contributed by atoms with E-state index in [1.807, 2.05) is 16.5 Å². The average Bonchev–Trinajstić information content (AvgIpc) is 1.98. The quantitative estimate of drug-likeness (QED) is 0.349. The van der Waals surface area contributed by atoms with Crippen LogP contribution in [0.1, 0.15) is 0 Å². The van der Waals surface area contributed by atoms with Crippen molar-refractivity contribution in [2.75, 3.05) is 11.5 Å². The van der Waals surface area contributed by atoms with Crippen molar-refractivity contribution in [3.05, 3.63) is 0 Å². The fourth-order valence-electron chi connectivity index (χ4n) is 0.864. The van der Waals surface area contributed by atoms with Gasteiger partial charge in [-0.2, -0.15) is 0 Å². The zero-order valence-corrected chi connectivity index (χ0v) is 21.3. The topological polar surface area (TPSA) is 54.4 Å². The Morgan fingerprint density at radius 3 is 2.38 bits per heavy atom. The standard InChI is InChI=1S/C3H8O3S3.2CH3.2Hg/c4-9(5,6)2-3(8)1-7;;;;/h3,7-8H,1-2H2,(H,4,5,6);2*1H3;;/q;;;2*+1/p-2. The molecule has 0 aliphatic rings. The first-order chi connectivity index (χ1) is 5.99. The van der Waals surface area contributed by atoms with Crippen LogP contribution in [-0.2, 0) is 56.2 Å². The first-order valence-corrected chi connectivity index (χ1v) is 32.4. The summed E-state index contributed by atoms with van der Waals surface area (Å²) in [7, 11) is 0.0494. The van der Waals surface area contributed by atoms with Gasteiger partial charge in [-0.25, -0.2) is 0 Å². The molecule has 0 amide bonds. The van der Waals surface area contributed by atoms with Crippen molar-refractivity contribution in [3.8, 4) is 0 Å². The molecule has 1 N–H and O–H groups in total. The molecule has 0 spiro atoms. The van der Waals surface area contributed by atoms with E-state index in [1.54, 1.807) is 0 Å². The van der Waals surface area contributed by atoms with Gasteiger partial charge in [-0.1, -0.05) is 0 Å². The van der Waals surface area contributed by atoms with Crippen molar-refractivity contribution >= 4 is 26.6 Å². The van der Waals surface area contributed by atoms with E-state index in [9.17, 15) is 8.42 Å². The number of hydrogen-bond acceptors (Lipinski definition) is 4. The molecule has 0 radical (unpaired) electrons. The molecule has 72 valence electrons. The van der Waals surface area contributed by atoms with Gasteiger partial charge in [0.05, 0.1) is 0 Å². The Morgan fingerprint density at radius 1 is 1.38 bits per heavy atom. The van der Waals surface area contributed by atoms with Crippen LogP contribution in [0.3, 0.4) is 0 Å². The predicted octanol–water partition coefficient (Wildman–Crippen LogP) is 1.80. The van der Waals surface area contributed by atoms with Crippen molar-refractivity contribution in [1.82, 2.24) is 0 Å². The molecule has 0 saturated carbocycles. The Hall–Kier alpha value is 2.48. The maximum absolute atomic E-state index is 10.7. The summed E-state index contributed by atoms with van der Waals surface area (Å²) in [5, 5.41) is 0.173. The van der Waals surface area contributed by atoms with Gasteiger partial charge in [0.15, 0.2) is 0 Å². The summed E-state index contributed by atoms with van der Waals surface area (Å²) in [6, 6.07) is 0. The summed E-state index contributed by atoms with van der Waals surface area (Å²) in [6.45, 7) is 0. The van der Waals surface area contributed by atoms with Gasteiger partial charge in [-0.3, -0.25) is 0 Å². The second kappa shape index (κ2) is 8.61. The van der Waals surface area contributed by atoms with Crippen molar-refractivity contribution in [1.29, 1.82) is 0 Å². The van der Waals surface area contributed by atoms with Gasteiger partial charge in [-0.05, 0) is 0 Å². The zero-order valence-electron chi connectivity index (χ0n) is 7.89. The van der Waals surface area contributed by atoms with Gasteiger partial charge in [0.25, 0.3) is 0 Å². The molecule has 0 rings (SSSR count). The Bertz CT molecular complexity index is 219. The fourth-order valence-corrected chi connectivity index (χ4v) is 24.6. The van der Waals surface area contributed by atoms with Crippen LogP contribution in [0, 0.1) is 0 Å². The van der Waals surface area contributed by atoms with Crippen LogP contribution in [0.5, 0.6) is 0 Å². The molecule has 0 bridgehead atoms. The second-order valence-corrected chi connectivity index (χ2v) is 29.0. The third-order valence-electron chi connectivity index (χ3n) is 1.31. The Balaban J connectivity index is 3.94. The summed E-state index contributed by atoms with van der Waals surface area (Å²) >= 11 is -1.50. The first-order valence-electron chi connectivity index (χ1n) is 4.14. The molecule has 13 heavy (non-hydrogen) atoms. The Labute approximate surface area is 109 Å². The molecule has 8 heteroatoms. The third kappa shape index (κ3) is 10.8. The third-order valence-corrected chi connectivity index (χ3v) is 21.6. The maximum atomic E-state index is 10.7. The van der Waals surface area contributed by atoms with Gasteiger partial charge < -0.3 is 0 Å². The van der Waals surface area contributed by atoms with Gasteiger partial charge >= 0.3 is 111 Å². The van der Waals surface area contributed by atoms with Gasteiger partial charge in [0.1, 0.15) is 0 Å². The van der Waals surface area contributed by atoms with E-state index in [0.29, 0.717) is 0 Å². The van der Waals surface area contributed by atoms with Crippen LogP contribution in [0.2, 0.25) is 8.86 Å². The average molecular weight is 618 g/mol. The van der Waals surface area contributed by atoms with Crippen LogP contribution in [0.15, 0.2) is 0 Å². The molecule has 0 saturated heterocycles. The van der Waals surface area contributed by atoms with Crippen LogP contribution >= 0.6 is 16.5 Å². The van der Waals surface area contributed by atoms with E-state index in [0.717, 1.165) is 5.75 Å². The SMILES string of the molecule is [CH3][Hg][S]CC(CS(=O)(=O)O)[S][Hg][CH3]. The molecule has 0 aromatic carbocycles. The molecule has 0 aliphatic carbocycles. The van der Waals surface area contributed by atoms with Gasteiger partial charge in [0, 0.05) is 0 Å². The monoisotopic (exact) mass is 620 g/mol. The minimum absolute atomic E-state index is 0.0354. The molecule has 0 fully saturated rings. The molecule has 0 heterocycles. The van der Waals surface area contributed by atoms with Crippen molar-refractivity contribution in [3.63, 3.8) is 0 Å². The summed E-state index contributed by atoms with van der Waals surface area (Å²) in [5.41, 5.74) is 0. The summed E-state index contributed by atoms with van der Waals surface area (Å²) in [6.07, 6.45) is 0. The molecule has 1 unspecified atom stereocenters. The molecular formula is C5H12Hg2O3S3. The normalized spacial score (nSPS) is 13.2. The summed E-state index contributed by atoms with van der Waals surface area (Å²) < 4.78 is 34.5. The minimum atomic E-state index is -3.75. The molecule has 3 nitrogen and oxygen atoms in total. The van der Waals surface area contributed by atoms with Gasteiger partial charge in [-0.15, -0.1) is 0 Å². The predicted molar refractivity (Wildman–Crippen MR) is 52.0 cm³/mol. The van der Waals surface area contributed by atoms with Crippen LogP contribution in [-0.4, -0.2) is 29.7 Å². The van der Waals surface area contributed by atoms with Gasteiger partial charge in [0.2, 0.25) is 0 Å². The number of rotatable bonds is 7. The molecule has 0 aromatic heterocycles.